The molecule has 6 nitrogen and oxygen atoms in total. The molecule has 1 aliphatic rings. The number of anilines is 1. The van der Waals surface area contributed by atoms with Crippen molar-refractivity contribution in [1.82, 2.24) is 14.5 Å². The molecule has 1 aliphatic carbocycles. The molecule has 0 atom stereocenters. The number of nitrogens with one attached hydrogen (secondary N) is 1. The van der Waals surface area contributed by atoms with Crippen molar-refractivity contribution in [3.05, 3.63) is 54.1 Å². The largest absolute Gasteiger partial charge is 0.380 e. The Morgan fingerprint density at radius 2 is 2.04 bits per heavy atom. The third kappa shape index (κ3) is 3.00. The Morgan fingerprint density at radius 1 is 1.28 bits per heavy atom. The molecule has 1 amide bonds. The number of nitrogens with zero attached hydrogens (tertiary/aromatic N) is 3. The molecule has 6 heteroatoms. The molecular formula is C19H20N4O2. The normalized spacial score (nSPS) is 15.3. The van der Waals surface area contributed by atoms with Gasteiger partial charge in [0.05, 0.1) is 6.61 Å². The molecule has 1 N–H and O–H groups in total. The van der Waals surface area contributed by atoms with Gasteiger partial charge in [0.1, 0.15) is 5.65 Å². The SMILES string of the molecule is COCc1ccc(NC(=O)c2ncc3ccn(C4(C)CC4)c3n2)cc1. The number of aromatic nitrogens is 3. The van der Waals surface area contributed by atoms with E-state index in [4.69, 9.17) is 4.74 Å². The fourth-order valence-corrected chi connectivity index (χ4v) is 2.92. The monoisotopic (exact) mass is 336 g/mol. The summed E-state index contributed by atoms with van der Waals surface area (Å²) >= 11 is 0. The van der Waals surface area contributed by atoms with Gasteiger partial charge in [-0.15, -0.1) is 0 Å². The minimum absolute atomic E-state index is 0.126. The Labute approximate surface area is 145 Å². The number of methoxy groups -OCH3 is 1. The van der Waals surface area contributed by atoms with Crippen LogP contribution in [0.25, 0.3) is 11.0 Å². The van der Waals surface area contributed by atoms with Crippen molar-refractivity contribution in [3.63, 3.8) is 0 Å². The summed E-state index contributed by atoms with van der Waals surface area (Å²) in [5.74, 6) is -0.132. The molecule has 1 saturated carbocycles. The van der Waals surface area contributed by atoms with Crippen LogP contribution in [0.5, 0.6) is 0 Å². The van der Waals surface area contributed by atoms with Crippen molar-refractivity contribution in [2.75, 3.05) is 12.4 Å². The fraction of sp³-hybridized carbons (Fsp3) is 0.316. The van der Waals surface area contributed by atoms with Crippen LogP contribution in [-0.4, -0.2) is 27.6 Å². The molecule has 1 aromatic carbocycles. The van der Waals surface area contributed by atoms with E-state index in [9.17, 15) is 4.79 Å². The maximum atomic E-state index is 12.5. The van der Waals surface area contributed by atoms with Gasteiger partial charge in [0.25, 0.3) is 5.91 Å². The predicted molar refractivity (Wildman–Crippen MR) is 95.5 cm³/mol. The van der Waals surface area contributed by atoms with Gasteiger partial charge in [-0.2, -0.15) is 0 Å². The number of hydrogen-bond acceptors (Lipinski definition) is 4. The first kappa shape index (κ1) is 15.8. The second kappa shape index (κ2) is 5.97. The highest BCUT2D eigenvalue weighted by Gasteiger charge is 2.40. The molecule has 0 unspecified atom stereocenters. The zero-order valence-corrected chi connectivity index (χ0v) is 14.3. The Morgan fingerprint density at radius 3 is 2.72 bits per heavy atom. The first-order chi connectivity index (χ1) is 12.1. The minimum atomic E-state index is -0.310. The number of carbonyl (C=O) groups is 1. The van der Waals surface area contributed by atoms with E-state index >= 15 is 0 Å². The summed E-state index contributed by atoms with van der Waals surface area (Å²) in [7, 11) is 1.65. The van der Waals surface area contributed by atoms with Gasteiger partial charge in [-0.1, -0.05) is 12.1 Å². The average molecular weight is 336 g/mol. The van der Waals surface area contributed by atoms with E-state index in [0.29, 0.717) is 12.3 Å². The van der Waals surface area contributed by atoms with Gasteiger partial charge < -0.3 is 14.6 Å². The van der Waals surface area contributed by atoms with Gasteiger partial charge in [0.15, 0.2) is 0 Å². The number of amides is 1. The summed E-state index contributed by atoms with van der Waals surface area (Å²) in [4.78, 5) is 21.2. The fourth-order valence-electron chi connectivity index (χ4n) is 2.92. The van der Waals surface area contributed by atoms with Crippen LogP contribution in [0.2, 0.25) is 0 Å². The minimum Gasteiger partial charge on any atom is -0.380 e. The van der Waals surface area contributed by atoms with Crippen molar-refractivity contribution in [3.8, 4) is 0 Å². The number of ether oxygens (including phenoxy) is 1. The third-order valence-electron chi connectivity index (χ3n) is 4.71. The van der Waals surface area contributed by atoms with Gasteiger partial charge in [-0.05, 0) is 43.5 Å². The van der Waals surface area contributed by atoms with Crippen molar-refractivity contribution in [2.24, 2.45) is 0 Å². The van der Waals surface area contributed by atoms with Crippen LogP contribution in [0.3, 0.4) is 0 Å². The second-order valence-electron chi connectivity index (χ2n) is 6.74. The molecule has 0 aliphatic heterocycles. The van der Waals surface area contributed by atoms with Crippen LogP contribution in [0.15, 0.2) is 42.7 Å². The Hall–Kier alpha value is -2.73. The van der Waals surface area contributed by atoms with E-state index in [1.54, 1.807) is 13.3 Å². The molecule has 1 fully saturated rings. The first-order valence-electron chi connectivity index (χ1n) is 8.33. The highest BCUT2D eigenvalue weighted by molar-refractivity contribution is 6.02. The van der Waals surface area contributed by atoms with Crippen LogP contribution in [-0.2, 0) is 16.9 Å². The zero-order chi connectivity index (χ0) is 17.4. The molecule has 4 rings (SSSR count). The van der Waals surface area contributed by atoms with Gasteiger partial charge in [-0.25, -0.2) is 9.97 Å². The summed E-state index contributed by atoms with van der Waals surface area (Å²) in [5, 5.41) is 3.80. The topological polar surface area (TPSA) is 69.0 Å². The maximum Gasteiger partial charge on any atom is 0.293 e. The molecule has 0 radical (unpaired) electrons. The highest BCUT2D eigenvalue weighted by Crippen LogP contribution is 2.44. The highest BCUT2D eigenvalue weighted by atomic mass is 16.5. The van der Waals surface area contributed by atoms with Crippen molar-refractivity contribution >= 4 is 22.6 Å². The molecule has 25 heavy (non-hydrogen) atoms. The summed E-state index contributed by atoms with van der Waals surface area (Å²) in [6.45, 7) is 2.75. The third-order valence-corrected chi connectivity index (χ3v) is 4.71. The number of carbonyl (C=O) groups excluding carboxylic acids is 1. The summed E-state index contributed by atoms with van der Waals surface area (Å²) in [5.41, 5.74) is 2.70. The first-order valence-corrected chi connectivity index (χ1v) is 8.33. The van der Waals surface area contributed by atoms with Gasteiger partial charge in [0, 0.05) is 36.1 Å². The molecule has 2 aromatic heterocycles. The van der Waals surface area contributed by atoms with Crippen LogP contribution in [0.4, 0.5) is 5.69 Å². The lowest BCUT2D eigenvalue weighted by Crippen LogP contribution is -2.17. The Bertz CT molecular complexity index is 926. The zero-order valence-electron chi connectivity index (χ0n) is 14.3. The molecule has 2 heterocycles. The van der Waals surface area contributed by atoms with E-state index in [1.165, 1.54) is 0 Å². The molecular weight excluding hydrogens is 316 g/mol. The Balaban J connectivity index is 1.57. The average Bonchev–Trinajstić information content (AvgIpc) is 3.21. The molecule has 0 spiro atoms. The van der Waals surface area contributed by atoms with E-state index in [-0.39, 0.29) is 17.3 Å². The van der Waals surface area contributed by atoms with Crippen molar-refractivity contribution < 1.29 is 9.53 Å². The van der Waals surface area contributed by atoms with Crippen LogP contribution in [0.1, 0.15) is 35.9 Å². The van der Waals surface area contributed by atoms with Crippen molar-refractivity contribution in [2.45, 2.75) is 31.9 Å². The standard InChI is InChI=1S/C19H20N4O2/c1-19(8-9-19)23-10-7-14-11-20-16(22-17(14)23)18(24)21-15-5-3-13(4-6-15)12-25-2/h3-7,10-11H,8-9,12H2,1-2H3,(H,21,24). The smallest absolute Gasteiger partial charge is 0.293 e. The Kier molecular flexibility index (Phi) is 3.77. The predicted octanol–water partition coefficient (Wildman–Crippen LogP) is 3.34. The lowest BCUT2D eigenvalue weighted by molar-refractivity contribution is 0.101. The second-order valence-corrected chi connectivity index (χ2v) is 6.74. The van der Waals surface area contributed by atoms with E-state index in [0.717, 1.165) is 29.4 Å². The number of fused-ring (bicyclic) bond motifs is 1. The van der Waals surface area contributed by atoms with Crippen LogP contribution in [0, 0.1) is 0 Å². The summed E-state index contributed by atoms with van der Waals surface area (Å²) in [6, 6.07) is 9.52. The lowest BCUT2D eigenvalue weighted by atomic mass is 10.2. The van der Waals surface area contributed by atoms with E-state index in [1.807, 2.05) is 36.5 Å². The molecule has 3 aromatic rings. The van der Waals surface area contributed by atoms with Gasteiger partial charge in [-0.3, -0.25) is 4.79 Å². The summed E-state index contributed by atoms with van der Waals surface area (Å²) in [6.07, 6.45) is 6.01. The molecule has 128 valence electrons. The maximum absolute atomic E-state index is 12.5. The molecule has 0 saturated heterocycles. The van der Waals surface area contributed by atoms with Gasteiger partial charge >= 0.3 is 0 Å². The number of benzene rings is 1. The van der Waals surface area contributed by atoms with E-state index < -0.39 is 0 Å². The molecule has 0 bridgehead atoms. The lowest BCUT2D eigenvalue weighted by Gasteiger charge is -2.12. The van der Waals surface area contributed by atoms with Crippen LogP contribution < -0.4 is 5.32 Å². The van der Waals surface area contributed by atoms with Crippen LogP contribution >= 0.6 is 0 Å². The summed E-state index contributed by atoms with van der Waals surface area (Å²) < 4.78 is 7.24. The number of hydrogen-bond donors (Lipinski definition) is 1. The quantitative estimate of drug-likeness (QED) is 0.776. The van der Waals surface area contributed by atoms with Crippen molar-refractivity contribution in [1.29, 1.82) is 0 Å². The number of rotatable bonds is 5. The van der Waals surface area contributed by atoms with Gasteiger partial charge in [0.2, 0.25) is 5.82 Å². The van der Waals surface area contributed by atoms with E-state index in [2.05, 4.69) is 26.8 Å².